The lowest BCUT2D eigenvalue weighted by molar-refractivity contribution is -0.137. The molecule has 118 valence electrons. The largest absolute Gasteiger partial charge is 0.419 e. The molecular weight excluding hydrogens is 347 g/mol. The number of nitrogens with one attached hydrogen (secondary N) is 1. The first kappa shape index (κ1) is 16.5. The van der Waals surface area contributed by atoms with Crippen LogP contribution in [0.4, 0.5) is 19.0 Å². The van der Waals surface area contributed by atoms with Crippen LogP contribution in [-0.2, 0) is 6.18 Å². The average molecular weight is 366 g/mol. The molecule has 2 heterocycles. The molecule has 2 rings (SSSR count). The number of likely N-dealkylation sites (tertiary alicyclic amines) is 1. The van der Waals surface area contributed by atoms with Crippen molar-refractivity contribution in [3.05, 3.63) is 22.3 Å². The number of hydrogen-bond acceptors (Lipinski definition) is 3. The van der Waals surface area contributed by atoms with Crippen molar-refractivity contribution in [2.45, 2.75) is 32.5 Å². The lowest BCUT2D eigenvalue weighted by Gasteiger charge is -2.20. The predicted octanol–water partition coefficient (Wildman–Crippen LogP) is 4.01. The second-order valence-corrected chi connectivity index (χ2v) is 6.59. The first-order valence-electron chi connectivity index (χ1n) is 6.98. The highest BCUT2D eigenvalue weighted by Crippen LogP contribution is 2.35. The third-order valence-corrected chi connectivity index (χ3v) is 4.20. The molecule has 1 saturated heterocycles. The van der Waals surface area contributed by atoms with Crippen LogP contribution in [0.25, 0.3) is 0 Å². The van der Waals surface area contributed by atoms with Crippen LogP contribution < -0.4 is 5.32 Å². The summed E-state index contributed by atoms with van der Waals surface area (Å²) in [5, 5.41) is 2.87. The number of aromatic nitrogens is 1. The molecule has 1 atom stereocenters. The Morgan fingerprint density at radius 1 is 1.48 bits per heavy atom. The van der Waals surface area contributed by atoms with Crippen LogP contribution >= 0.6 is 15.9 Å². The van der Waals surface area contributed by atoms with Gasteiger partial charge in [-0.1, -0.05) is 0 Å². The number of nitrogens with zero attached hydrogens (tertiary/aromatic N) is 2. The minimum atomic E-state index is -4.40. The molecule has 0 spiro atoms. The number of rotatable bonds is 4. The zero-order chi connectivity index (χ0) is 15.6. The van der Waals surface area contributed by atoms with E-state index in [-0.39, 0.29) is 5.82 Å². The normalized spacial score (nSPS) is 20.2. The van der Waals surface area contributed by atoms with Crippen LogP contribution in [0.5, 0.6) is 0 Å². The van der Waals surface area contributed by atoms with E-state index in [1.165, 1.54) is 6.20 Å². The molecule has 21 heavy (non-hydrogen) atoms. The molecule has 1 fully saturated rings. The summed E-state index contributed by atoms with van der Waals surface area (Å²) in [6.45, 7) is 6.70. The van der Waals surface area contributed by atoms with Crippen LogP contribution in [0.2, 0.25) is 0 Å². The maximum absolute atomic E-state index is 13.0. The highest BCUT2D eigenvalue weighted by atomic mass is 79.9. The minimum Gasteiger partial charge on any atom is -0.369 e. The second kappa shape index (κ2) is 6.52. The molecule has 0 amide bonds. The Kier molecular flexibility index (Phi) is 5.14. The Hall–Kier alpha value is -0.820. The van der Waals surface area contributed by atoms with Crippen molar-refractivity contribution < 1.29 is 13.2 Å². The van der Waals surface area contributed by atoms with Gasteiger partial charge < -0.3 is 10.2 Å². The molecule has 7 heteroatoms. The molecule has 1 aromatic heterocycles. The van der Waals surface area contributed by atoms with Crippen LogP contribution in [0.1, 0.15) is 25.8 Å². The first-order chi connectivity index (χ1) is 9.77. The fraction of sp³-hybridized carbons (Fsp3) is 0.643. The average Bonchev–Trinajstić information content (AvgIpc) is 2.85. The van der Waals surface area contributed by atoms with Gasteiger partial charge in [0.05, 0.1) is 5.56 Å². The number of alkyl halides is 3. The molecule has 0 saturated carbocycles. The van der Waals surface area contributed by atoms with E-state index in [9.17, 15) is 13.2 Å². The van der Waals surface area contributed by atoms with E-state index in [1.807, 2.05) is 0 Å². The summed E-state index contributed by atoms with van der Waals surface area (Å²) in [6, 6.07) is 1.54. The summed E-state index contributed by atoms with van der Waals surface area (Å²) >= 11 is 3.03. The molecule has 0 aliphatic carbocycles. The Bertz CT molecular complexity index is 491. The molecule has 1 aromatic rings. The van der Waals surface area contributed by atoms with Gasteiger partial charge in [0.2, 0.25) is 0 Å². The van der Waals surface area contributed by atoms with Gasteiger partial charge in [0.25, 0.3) is 0 Å². The van der Waals surface area contributed by atoms with E-state index in [2.05, 4.69) is 45.0 Å². The van der Waals surface area contributed by atoms with Crippen molar-refractivity contribution in [3.63, 3.8) is 0 Å². The molecule has 0 aromatic carbocycles. The number of anilines is 1. The van der Waals surface area contributed by atoms with Crippen LogP contribution in [0, 0.1) is 5.92 Å². The van der Waals surface area contributed by atoms with E-state index in [0.29, 0.717) is 23.0 Å². The highest BCUT2D eigenvalue weighted by molar-refractivity contribution is 9.10. The first-order valence-corrected chi connectivity index (χ1v) is 7.77. The smallest absolute Gasteiger partial charge is 0.369 e. The third-order valence-electron chi connectivity index (χ3n) is 3.77. The van der Waals surface area contributed by atoms with Crippen molar-refractivity contribution in [2.75, 3.05) is 25.0 Å². The number of pyridine rings is 1. The molecule has 1 N–H and O–H groups in total. The zero-order valence-corrected chi connectivity index (χ0v) is 13.6. The Morgan fingerprint density at radius 2 is 2.19 bits per heavy atom. The van der Waals surface area contributed by atoms with E-state index in [1.54, 1.807) is 0 Å². The Balaban J connectivity index is 2.01. The highest BCUT2D eigenvalue weighted by Gasteiger charge is 2.35. The second-order valence-electron chi connectivity index (χ2n) is 5.67. The summed E-state index contributed by atoms with van der Waals surface area (Å²) < 4.78 is 39.3. The standard InChI is InChI=1S/C14H19BrF3N3/c1-9(2)21-4-3-10(8-21)6-19-13-12(14(16,17)18)5-11(15)7-20-13/h5,7,9-10H,3-4,6,8H2,1-2H3,(H,19,20). The van der Waals surface area contributed by atoms with Crippen molar-refractivity contribution in [3.8, 4) is 0 Å². The molecule has 1 aliphatic heterocycles. The predicted molar refractivity (Wildman–Crippen MR) is 80.2 cm³/mol. The lowest BCUT2D eigenvalue weighted by Crippen LogP contribution is -2.29. The van der Waals surface area contributed by atoms with E-state index in [0.717, 1.165) is 25.6 Å². The molecular formula is C14H19BrF3N3. The van der Waals surface area contributed by atoms with Crippen molar-refractivity contribution in [2.24, 2.45) is 5.92 Å². The van der Waals surface area contributed by atoms with Gasteiger partial charge in [0.1, 0.15) is 5.82 Å². The number of hydrogen-bond donors (Lipinski definition) is 1. The fourth-order valence-electron chi connectivity index (χ4n) is 2.54. The summed E-state index contributed by atoms with van der Waals surface area (Å²) in [7, 11) is 0. The maximum Gasteiger partial charge on any atom is 0.419 e. The molecule has 1 aliphatic rings. The van der Waals surface area contributed by atoms with Gasteiger partial charge in [0, 0.05) is 29.8 Å². The minimum absolute atomic E-state index is 0.0892. The summed E-state index contributed by atoms with van der Waals surface area (Å²) in [5.74, 6) is 0.271. The van der Waals surface area contributed by atoms with Crippen LogP contribution in [0.3, 0.4) is 0 Å². The van der Waals surface area contributed by atoms with Gasteiger partial charge in [-0.15, -0.1) is 0 Å². The maximum atomic E-state index is 13.0. The summed E-state index contributed by atoms with van der Waals surface area (Å²) in [4.78, 5) is 6.21. The van der Waals surface area contributed by atoms with Crippen molar-refractivity contribution in [1.29, 1.82) is 0 Å². The molecule has 3 nitrogen and oxygen atoms in total. The van der Waals surface area contributed by atoms with Gasteiger partial charge in [-0.25, -0.2) is 4.98 Å². The van der Waals surface area contributed by atoms with Gasteiger partial charge >= 0.3 is 6.18 Å². The van der Waals surface area contributed by atoms with E-state index >= 15 is 0 Å². The van der Waals surface area contributed by atoms with Gasteiger partial charge in [0.15, 0.2) is 0 Å². The topological polar surface area (TPSA) is 28.2 Å². The zero-order valence-electron chi connectivity index (χ0n) is 12.0. The van der Waals surface area contributed by atoms with Crippen LogP contribution in [-0.4, -0.2) is 35.6 Å². The van der Waals surface area contributed by atoms with Crippen LogP contribution in [0.15, 0.2) is 16.7 Å². The SMILES string of the molecule is CC(C)N1CCC(CNc2ncc(Br)cc2C(F)(F)F)C1. The lowest BCUT2D eigenvalue weighted by atomic mass is 10.1. The van der Waals surface area contributed by atoms with E-state index in [4.69, 9.17) is 0 Å². The Labute approximate surface area is 131 Å². The fourth-order valence-corrected chi connectivity index (χ4v) is 2.87. The number of halogens is 4. The summed E-state index contributed by atoms with van der Waals surface area (Å²) in [6.07, 6.45) is -2.02. The Morgan fingerprint density at radius 3 is 2.76 bits per heavy atom. The van der Waals surface area contributed by atoms with Crippen molar-refractivity contribution in [1.82, 2.24) is 9.88 Å². The van der Waals surface area contributed by atoms with Gasteiger partial charge in [-0.3, -0.25) is 0 Å². The quantitative estimate of drug-likeness (QED) is 0.873. The third kappa shape index (κ3) is 4.32. The monoisotopic (exact) mass is 365 g/mol. The van der Waals surface area contributed by atoms with Crippen molar-refractivity contribution >= 4 is 21.7 Å². The van der Waals surface area contributed by atoms with Gasteiger partial charge in [-0.05, 0) is 54.7 Å². The molecule has 1 unspecified atom stereocenters. The molecule has 0 radical (unpaired) electrons. The van der Waals surface area contributed by atoms with E-state index < -0.39 is 11.7 Å². The summed E-state index contributed by atoms with van der Waals surface area (Å²) in [5.41, 5.74) is -0.726. The molecule has 0 bridgehead atoms. The van der Waals surface area contributed by atoms with Gasteiger partial charge in [-0.2, -0.15) is 13.2 Å².